The minimum atomic E-state index is -0.439. The Bertz CT molecular complexity index is 140. The largest absolute Gasteiger partial charge is 0.393 e. The Hall–Kier alpha value is -0.860. The Morgan fingerprint density at radius 1 is 1.18 bits per heavy atom. The van der Waals surface area contributed by atoms with Crippen molar-refractivity contribution in [2.45, 2.75) is 39.5 Å². The smallest absolute Gasteiger partial charge is 0.313 e. The van der Waals surface area contributed by atoms with Gasteiger partial charge in [0.2, 0.25) is 0 Å². The lowest BCUT2D eigenvalue weighted by molar-refractivity contribution is -0.159. The number of unbranched alkanes of at least 4 members (excludes halogenated alkanes) is 1. The van der Waals surface area contributed by atoms with Crippen LogP contribution in [-0.2, 0) is 14.3 Å². The van der Waals surface area contributed by atoms with E-state index in [4.69, 9.17) is 0 Å². The second kappa shape index (κ2) is 5.89. The van der Waals surface area contributed by atoms with Crippen molar-refractivity contribution in [1.82, 2.24) is 0 Å². The molecule has 0 aromatic rings. The molecule has 64 valence electrons. The number of hydrogen-bond donors (Lipinski definition) is 0. The summed E-state index contributed by atoms with van der Waals surface area (Å²) in [6, 6.07) is 0. The number of carbonyl (C=O) groups excluding carboxylic acids is 2. The maximum Gasteiger partial charge on any atom is 0.313 e. The average molecular weight is 158 g/mol. The van der Waals surface area contributed by atoms with Gasteiger partial charge in [-0.1, -0.05) is 20.3 Å². The first kappa shape index (κ1) is 10.1. The lowest BCUT2D eigenvalue weighted by Gasteiger charge is -1.98. The zero-order valence-electron chi connectivity index (χ0n) is 7.05. The molecule has 0 bridgehead atoms. The van der Waals surface area contributed by atoms with Crippen LogP contribution in [0.5, 0.6) is 0 Å². The molecule has 0 N–H and O–H groups in total. The Balaban J connectivity index is 3.44. The predicted octanol–water partition coefficient (Wildman–Crippen LogP) is 1.66. The van der Waals surface area contributed by atoms with Gasteiger partial charge >= 0.3 is 11.9 Å². The quantitative estimate of drug-likeness (QED) is 0.461. The molecule has 0 radical (unpaired) electrons. The summed E-state index contributed by atoms with van der Waals surface area (Å²) in [5, 5.41) is 0. The molecule has 0 heterocycles. The highest BCUT2D eigenvalue weighted by Gasteiger charge is 2.06. The van der Waals surface area contributed by atoms with Gasteiger partial charge in [0.15, 0.2) is 0 Å². The molecule has 0 fully saturated rings. The van der Waals surface area contributed by atoms with Crippen LogP contribution in [0.25, 0.3) is 0 Å². The maximum atomic E-state index is 10.7. The van der Waals surface area contributed by atoms with Gasteiger partial charge in [0, 0.05) is 12.8 Å². The van der Waals surface area contributed by atoms with Crippen molar-refractivity contribution in [3.05, 3.63) is 0 Å². The van der Waals surface area contributed by atoms with Crippen molar-refractivity contribution < 1.29 is 14.3 Å². The molecule has 3 nitrogen and oxygen atoms in total. The number of rotatable bonds is 4. The third-order valence-electron chi connectivity index (χ3n) is 1.25. The standard InChI is InChI=1S/C8H14O3/c1-3-5-6-8(10)11-7(9)4-2/h3-6H2,1-2H3. The van der Waals surface area contributed by atoms with E-state index in [1.165, 1.54) is 0 Å². The molecule has 0 spiro atoms. The van der Waals surface area contributed by atoms with E-state index in [0.717, 1.165) is 12.8 Å². The number of hydrogen-bond acceptors (Lipinski definition) is 3. The van der Waals surface area contributed by atoms with Gasteiger partial charge in [-0.25, -0.2) is 0 Å². The highest BCUT2D eigenvalue weighted by atomic mass is 16.6. The normalized spacial score (nSPS) is 9.27. The summed E-state index contributed by atoms with van der Waals surface area (Å²) in [5.41, 5.74) is 0. The van der Waals surface area contributed by atoms with E-state index < -0.39 is 11.9 Å². The highest BCUT2D eigenvalue weighted by molar-refractivity contribution is 5.85. The van der Waals surface area contributed by atoms with Gasteiger partial charge in [0.05, 0.1) is 0 Å². The molecular weight excluding hydrogens is 144 g/mol. The van der Waals surface area contributed by atoms with Gasteiger partial charge in [0.25, 0.3) is 0 Å². The molecule has 0 unspecified atom stereocenters. The zero-order chi connectivity index (χ0) is 8.69. The SMILES string of the molecule is CCCCC(=O)OC(=O)CC. The van der Waals surface area contributed by atoms with Crippen LogP contribution in [0.1, 0.15) is 39.5 Å². The van der Waals surface area contributed by atoms with Crippen LogP contribution in [0.4, 0.5) is 0 Å². The van der Waals surface area contributed by atoms with Crippen LogP contribution in [0.15, 0.2) is 0 Å². The summed E-state index contributed by atoms with van der Waals surface area (Å²) in [6.45, 7) is 3.64. The molecular formula is C8H14O3. The lowest BCUT2D eigenvalue weighted by Crippen LogP contribution is -2.10. The Morgan fingerprint density at radius 2 is 1.82 bits per heavy atom. The van der Waals surface area contributed by atoms with E-state index in [0.29, 0.717) is 6.42 Å². The minimum absolute atomic E-state index is 0.262. The van der Waals surface area contributed by atoms with Crippen LogP contribution in [-0.4, -0.2) is 11.9 Å². The molecule has 0 aromatic carbocycles. The first-order valence-electron chi connectivity index (χ1n) is 3.94. The zero-order valence-corrected chi connectivity index (χ0v) is 7.05. The van der Waals surface area contributed by atoms with Crippen LogP contribution in [0.3, 0.4) is 0 Å². The molecule has 3 heteroatoms. The van der Waals surface area contributed by atoms with Gasteiger partial charge in [-0.05, 0) is 6.42 Å². The van der Waals surface area contributed by atoms with Gasteiger partial charge in [-0.3, -0.25) is 9.59 Å². The minimum Gasteiger partial charge on any atom is -0.393 e. The summed E-state index contributed by atoms with van der Waals surface area (Å²) in [5.74, 6) is -0.843. The van der Waals surface area contributed by atoms with Crippen LogP contribution in [0.2, 0.25) is 0 Å². The van der Waals surface area contributed by atoms with Crippen LogP contribution < -0.4 is 0 Å². The van der Waals surface area contributed by atoms with E-state index in [2.05, 4.69) is 4.74 Å². The van der Waals surface area contributed by atoms with Gasteiger partial charge in [-0.15, -0.1) is 0 Å². The number of esters is 2. The fourth-order valence-electron chi connectivity index (χ4n) is 0.571. The van der Waals surface area contributed by atoms with E-state index >= 15 is 0 Å². The molecule has 11 heavy (non-hydrogen) atoms. The van der Waals surface area contributed by atoms with Crippen LogP contribution in [0, 0.1) is 0 Å². The summed E-state index contributed by atoms with van der Waals surface area (Å²) in [7, 11) is 0. The monoisotopic (exact) mass is 158 g/mol. The van der Waals surface area contributed by atoms with Gasteiger partial charge < -0.3 is 4.74 Å². The van der Waals surface area contributed by atoms with E-state index in [9.17, 15) is 9.59 Å². The van der Waals surface area contributed by atoms with Crippen molar-refractivity contribution in [3.63, 3.8) is 0 Å². The Morgan fingerprint density at radius 3 is 2.27 bits per heavy atom. The van der Waals surface area contributed by atoms with E-state index in [1.54, 1.807) is 6.92 Å². The summed E-state index contributed by atoms with van der Waals surface area (Å²) in [6.07, 6.45) is 2.34. The molecule has 0 aliphatic rings. The van der Waals surface area contributed by atoms with Crippen molar-refractivity contribution >= 4 is 11.9 Å². The third kappa shape index (κ3) is 5.58. The van der Waals surface area contributed by atoms with Crippen molar-refractivity contribution in [2.75, 3.05) is 0 Å². The second-order valence-electron chi connectivity index (χ2n) is 2.30. The third-order valence-corrected chi connectivity index (χ3v) is 1.25. The van der Waals surface area contributed by atoms with E-state index in [1.807, 2.05) is 6.92 Å². The molecule has 0 aromatic heterocycles. The first-order valence-corrected chi connectivity index (χ1v) is 3.94. The molecule has 0 rings (SSSR count). The lowest BCUT2D eigenvalue weighted by atomic mass is 10.2. The van der Waals surface area contributed by atoms with E-state index in [-0.39, 0.29) is 6.42 Å². The topological polar surface area (TPSA) is 43.4 Å². The molecule has 0 aliphatic heterocycles. The summed E-state index contributed by atoms with van der Waals surface area (Å²) < 4.78 is 4.42. The average Bonchev–Trinajstić information content (AvgIpc) is 2.00. The molecule has 0 atom stereocenters. The molecule has 0 saturated carbocycles. The molecule has 0 aliphatic carbocycles. The second-order valence-corrected chi connectivity index (χ2v) is 2.30. The first-order chi connectivity index (χ1) is 5.20. The Labute approximate surface area is 66.7 Å². The van der Waals surface area contributed by atoms with Crippen molar-refractivity contribution in [2.24, 2.45) is 0 Å². The molecule has 0 amide bonds. The maximum absolute atomic E-state index is 10.7. The fraction of sp³-hybridized carbons (Fsp3) is 0.750. The number of ether oxygens (including phenoxy) is 1. The van der Waals surface area contributed by atoms with Crippen molar-refractivity contribution in [1.29, 1.82) is 0 Å². The van der Waals surface area contributed by atoms with Gasteiger partial charge in [0.1, 0.15) is 0 Å². The molecule has 0 saturated heterocycles. The summed E-state index contributed by atoms with van der Waals surface area (Å²) >= 11 is 0. The number of carbonyl (C=O) groups is 2. The van der Waals surface area contributed by atoms with Gasteiger partial charge in [-0.2, -0.15) is 0 Å². The van der Waals surface area contributed by atoms with Crippen LogP contribution >= 0.6 is 0 Å². The van der Waals surface area contributed by atoms with Crippen molar-refractivity contribution in [3.8, 4) is 0 Å². The Kier molecular flexibility index (Phi) is 5.43. The fourth-order valence-corrected chi connectivity index (χ4v) is 0.571. The highest BCUT2D eigenvalue weighted by Crippen LogP contribution is 1.97. The predicted molar refractivity (Wildman–Crippen MR) is 40.9 cm³/mol. The summed E-state index contributed by atoms with van der Waals surface area (Å²) in [4.78, 5) is 21.3.